The number of amidine groups is 1. The number of hydrogen-bond acceptors (Lipinski definition) is 4. The minimum absolute atomic E-state index is 0.0155. The minimum Gasteiger partial charge on any atom is -0.349 e. The Morgan fingerprint density at radius 3 is 2.61 bits per heavy atom. The fraction of sp³-hybridized carbons (Fsp3) is 0.625. The van der Waals surface area contributed by atoms with Gasteiger partial charge in [0, 0.05) is 18.8 Å². The van der Waals surface area contributed by atoms with Crippen LogP contribution in [0.3, 0.4) is 0 Å². The van der Waals surface area contributed by atoms with Crippen molar-refractivity contribution in [2.24, 2.45) is 4.40 Å². The molecule has 0 aromatic heterocycles. The van der Waals surface area contributed by atoms with Crippen LogP contribution in [0.25, 0.3) is 0 Å². The number of amides is 1. The van der Waals surface area contributed by atoms with Crippen molar-refractivity contribution in [3.05, 3.63) is 23.9 Å². The summed E-state index contributed by atoms with van der Waals surface area (Å²) < 4.78 is 27.3. The van der Waals surface area contributed by atoms with Crippen molar-refractivity contribution < 1.29 is 13.2 Å². The monoisotopic (exact) mass is 337 g/mol. The van der Waals surface area contributed by atoms with E-state index in [1.165, 1.54) is 19.3 Å². The number of allylic oxidation sites excluding steroid dienone is 2. The largest absolute Gasteiger partial charge is 0.349 e. The molecule has 1 fully saturated rings. The molecule has 0 aromatic carbocycles. The normalized spacial score (nSPS) is 24.8. The van der Waals surface area contributed by atoms with E-state index >= 15 is 0 Å². The van der Waals surface area contributed by atoms with E-state index in [0.29, 0.717) is 12.1 Å². The Morgan fingerprint density at radius 2 is 1.87 bits per heavy atom. The lowest BCUT2D eigenvalue weighted by molar-refractivity contribution is -0.117. The number of fused-ring (bicyclic) bond motifs is 1. The topological polar surface area (TPSA) is 78.8 Å². The molecule has 0 radical (unpaired) electrons. The summed E-state index contributed by atoms with van der Waals surface area (Å²) in [6.45, 7) is 0.339. The van der Waals surface area contributed by atoms with Crippen molar-refractivity contribution in [2.75, 3.05) is 12.3 Å². The van der Waals surface area contributed by atoms with Gasteiger partial charge in [0.1, 0.15) is 0 Å². The summed E-state index contributed by atoms with van der Waals surface area (Å²) in [4.78, 5) is 14.3. The van der Waals surface area contributed by atoms with Crippen LogP contribution >= 0.6 is 0 Å². The average Bonchev–Trinajstić information content (AvgIpc) is 2.48. The highest BCUT2D eigenvalue weighted by molar-refractivity contribution is 7.90. The molecule has 0 aromatic rings. The lowest BCUT2D eigenvalue weighted by Crippen LogP contribution is -2.44. The molecule has 0 spiro atoms. The van der Waals surface area contributed by atoms with E-state index in [0.717, 1.165) is 25.7 Å². The van der Waals surface area contributed by atoms with Crippen LogP contribution < -0.4 is 5.32 Å². The van der Waals surface area contributed by atoms with E-state index < -0.39 is 10.0 Å². The van der Waals surface area contributed by atoms with Crippen LogP contribution in [0.15, 0.2) is 28.3 Å². The Labute approximate surface area is 137 Å². The second kappa shape index (κ2) is 6.86. The molecular weight excluding hydrogens is 314 g/mol. The third-order valence-corrected chi connectivity index (χ3v) is 5.69. The SMILES string of the molecule is O=C(NC1CCCCCCC1)C1=CC=CN2CCS(=O)(=O)N=C12. The van der Waals surface area contributed by atoms with Crippen LogP contribution in [0.5, 0.6) is 0 Å². The molecule has 23 heavy (non-hydrogen) atoms. The van der Waals surface area contributed by atoms with Crippen LogP contribution in [0.1, 0.15) is 44.9 Å². The molecule has 0 bridgehead atoms. The Balaban J connectivity index is 1.74. The molecule has 2 aliphatic heterocycles. The standard InChI is InChI=1S/C16H23N3O3S/c20-16(17-13-7-4-2-1-3-5-8-13)14-9-6-10-19-11-12-23(21,22)18-15(14)19/h6,9-10,13H,1-5,7-8,11-12H2,(H,17,20). The molecule has 3 rings (SSSR count). The molecular formula is C16H23N3O3S. The third kappa shape index (κ3) is 4.02. The average molecular weight is 337 g/mol. The first-order valence-corrected chi connectivity index (χ1v) is 9.95. The van der Waals surface area contributed by atoms with Crippen molar-refractivity contribution >= 4 is 21.8 Å². The van der Waals surface area contributed by atoms with Crippen LogP contribution in [0, 0.1) is 0 Å². The highest BCUT2D eigenvalue weighted by Gasteiger charge is 2.30. The van der Waals surface area contributed by atoms with Gasteiger partial charge in [-0.25, -0.2) is 8.42 Å². The zero-order chi connectivity index (χ0) is 16.3. The Morgan fingerprint density at radius 1 is 1.17 bits per heavy atom. The van der Waals surface area contributed by atoms with Gasteiger partial charge in [0.05, 0.1) is 11.3 Å². The first kappa shape index (κ1) is 16.2. The highest BCUT2D eigenvalue weighted by atomic mass is 32.2. The van der Waals surface area contributed by atoms with Gasteiger partial charge in [0.2, 0.25) is 0 Å². The molecule has 126 valence electrons. The third-order valence-electron chi connectivity index (χ3n) is 4.54. The Kier molecular flexibility index (Phi) is 4.84. The maximum atomic E-state index is 12.6. The molecule has 1 N–H and O–H groups in total. The summed E-state index contributed by atoms with van der Waals surface area (Å²) >= 11 is 0. The van der Waals surface area contributed by atoms with E-state index in [1.807, 2.05) is 0 Å². The lowest BCUT2D eigenvalue weighted by Gasteiger charge is -2.29. The first-order valence-electron chi connectivity index (χ1n) is 8.34. The van der Waals surface area contributed by atoms with E-state index in [4.69, 9.17) is 0 Å². The summed E-state index contributed by atoms with van der Waals surface area (Å²) in [6.07, 6.45) is 13.1. The number of nitrogens with one attached hydrogen (secondary N) is 1. The molecule has 0 unspecified atom stereocenters. The fourth-order valence-corrected chi connectivity index (χ4v) is 4.24. The quantitative estimate of drug-likeness (QED) is 0.832. The van der Waals surface area contributed by atoms with E-state index in [2.05, 4.69) is 9.71 Å². The molecule has 1 saturated carbocycles. The second-order valence-electron chi connectivity index (χ2n) is 6.33. The first-order chi connectivity index (χ1) is 11.1. The molecule has 1 amide bonds. The summed E-state index contributed by atoms with van der Waals surface area (Å²) in [7, 11) is -3.47. The summed E-state index contributed by atoms with van der Waals surface area (Å²) in [5.74, 6) is 0.0149. The predicted octanol–water partition coefficient (Wildman–Crippen LogP) is 1.71. The fourth-order valence-electron chi connectivity index (χ4n) is 3.26. The van der Waals surface area contributed by atoms with Crippen molar-refractivity contribution in [2.45, 2.75) is 51.0 Å². The number of rotatable bonds is 2. The molecule has 7 heteroatoms. The van der Waals surface area contributed by atoms with Gasteiger partial charge in [-0.05, 0) is 25.0 Å². The maximum absolute atomic E-state index is 12.6. The molecule has 1 aliphatic carbocycles. The molecule has 2 heterocycles. The molecule has 0 atom stereocenters. The second-order valence-corrected chi connectivity index (χ2v) is 8.09. The maximum Gasteiger partial charge on any atom is 0.256 e. The van der Waals surface area contributed by atoms with Crippen LogP contribution in [-0.2, 0) is 14.8 Å². The van der Waals surface area contributed by atoms with Crippen molar-refractivity contribution in [1.29, 1.82) is 0 Å². The zero-order valence-corrected chi connectivity index (χ0v) is 14.0. The van der Waals surface area contributed by atoms with Gasteiger partial charge in [-0.15, -0.1) is 4.40 Å². The van der Waals surface area contributed by atoms with Gasteiger partial charge in [0.15, 0.2) is 5.84 Å². The molecule has 0 saturated heterocycles. The van der Waals surface area contributed by atoms with Crippen LogP contribution in [0.4, 0.5) is 0 Å². The van der Waals surface area contributed by atoms with Crippen LogP contribution in [-0.4, -0.2) is 43.4 Å². The van der Waals surface area contributed by atoms with E-state index in [-0.39, 0.29) is 23.5 Å². The molecule has 3 aliphatic rings. The van der Waals surface area contributed by atoms with Crippen molar-refractivity contribution in [3.63, 3.8) is 0 Å². The van der Waals surface area contributed by atoms with Crippen molar-refractivity contribution in [1.82, 2.24) is 10.2 Å². The van der Waals surface area contributed by atoms with Crippen molar-refractivity contribution in [3.8, 4) is 0 Å². The number of nitrogens with zero attached hydrogens (tertiary/aromatic N) is 2. The Bertz CT molecular complexity index is 656. The zero-order valence-electron chi connectivity index (χ0n) is 13.2. The number of carbonyl (C=O) groups excluding carboxylic acids is 1. The number of carbonyl (C=O) groups is 1. The van der Waals surface area contributed by atoms with Gasteiger partial charge in [-0.3, -0.25) is 4.79 Å². The number of sulfonamides is 1. The highest BCUT2D eigenvalue weighted by Crippen LogP contribution is 2.20. The lowest BCUT2D eigenvalue weighted by atomic mass is 9.96. The summed E-state index contributed by atoms with van der Waals surface area (Å²) in [5.41, 5.74) is 0.345. The Hall–Kier alpha value is -1.63. The molecule has 6 nitrogen and oxygen atoms in total. The van der Waals surface area contributed by atoms with Gasteiger partial charge in [0.25, 0.3) is 15.9 Å². The van der Waals surface area contributed by atoms with Gasteiger partial charge in [-0.2, -0.15) is 0 Å². The number of hydrogen-bond donors (Lipinski definition) is 1. The van der Waals surface area contributed by atoms with Gasteiger partial charge < -0.3 is 10.2 Å². The van der Waals surface area contributed by atoms with Gasteiger partial charge >= 0.3 is 0 Å². The van der Waals surface area contributed by atoms with Gasteiger partial charge in [-0.1, -0.05) is 32.1 Å². The van der Waals surface area contributed by atoms with Crippen LogP contribution in [0.2, 0.25) is 0 Å². The van der Waals surface area contributed by atoms with E-state index in [1.54, 1.807) is 23.3 Å². The summed E-state index contributed by atoms with van der Waals surface area (Å²) in [6, 6.07) is 0.170. The smallest absolute Gasteiger partial charge is 0.256 e. The van der Waals surface area contributed by atoms with E-state index in [9.17, 15) is 13.2 Å². The predicted molar refractivity (Wildman–Crippen MR) is 89.4 cm³/mol. The minimum atomic E-state index is -3.47. The summed E-state index contributed by atoms with van der Waals surface area (Å²) in [5, 5.41) is 3.07.